The second kappa shape index (κ2) is 3.90. The highest BCUT2D eigenvalue weighted by Gasteiger charge is 1.96. The molecule has 2 heteroatoms. The fourth-order valence-corrected chi connectivity index (χ4v) is 1.17. The van der Waals surface area contributed by atoms with Crippen LogP contribution in [0.15, 0.2) is 18.2 Å². The van der Waals surface area contributed by atoms with Crippen LogP contribution in [-0.4, -0.2) is 6.41 Å². The minimum Gasteiger partial charge on any atom is -0.328 e. The van der Waals surface area contributed by atoms with E-state index >= 15 is 0 Å². The summed E-state index contributed by atoms with van der Waals surface area (Å²) in [7, 11) is 0. The number of aryl methyl sites for hydroxylation is 2. The van der Waals surface area contributed by atoms with Crippen molar-refractivity contribution in [2.45, 2.75) is 20.3 Å². The van der Waals surface area contributed by atoms with E-state index in [1.54, 1.807) is 0 Å². The summed E-state index contributed by atoms with van der Waals surface area (Å²) in [4.78, 5) is 10.2. The van der Waals surface area contributed by atoms with Crippen molar-refractivity contribution < 1.29 is 4.79 Å². The zero-order valence-electron chi connectivity index (χ0n) is 7.42. The van der Waals surface area contributed by atoms with Gasteiger partial charge in [0, 0.05) is 5.69 Å². The van der Waals surface area contributed by atoms with Gasteiger partial charge in [0.2, 0.25) is 6.41 Å². The third-order valence-electron chi connectivity index (χ3n) is 1.91. The predicted molar refractivity (Wildman–Crippen MR) is 50.2 cm³/mol. The quantitative estimate of drug-likeness (QED) is 0.679. The van der Waals surface area contributed by atoms with Gasteiger partial charge in [-0.3, -0.25) is 4.79 Å². The molecule has 1 aromatic carbocycles. The predicted octanol–water partition coefficient (Wildman–Crippen LogP) is 2.13. The van der Waals surface area contributed by atoms with Crippen LogP contribution in [0.25, 0.3) is 0 Å². The van der Waals surface area contributed by atoms with Crippen molar-refractivity contribution in [3.63, 3.8) is 0 Å². The van der Waals surface area contributed by atoms with E-state index in [1.807, 2.05) is 19.1 Å². The topological polar surface area (TPSA) is 29.1 Å². The van der Waals surface area contributed by atoms with Gasteiger partial charge in [-0.2, -0.15) is 0 Å². The Morgan fingerprint density at radius 3 is 2.75 bits per heavy atom. The van der Waals surface area contributed by atoms with E-state index in [1.165, 1.54) is 5.56 Å². The molecule has 12 heavy (non-hydrogen) atoms. The summed E-state index contributed by atoms with van der Waals surface area (Å²) in [6.45, 7) is 4.10. The standard InChI is InChI=1S/C10H13NO/c1-3-9-4-5-10(11-7-12)8(2)6-9/h4-7H,3H2,1-2H3,(H,11,12). The Balaban J connectivity index is 2.94. The van der Waals surface area contributed by atoms with Crippen LogP contribution in [0.1, 0.15) is 18.1 Å². The largest absolute Gasteiger partial charge is 0.328 e. The van der Waals surface area contributed by atoms with Gasteiger partial charge in [-0.15, -0.1) is 0 Å². The summed E-state index contributed by atoms with van der Waals surface area (Å²) < 4.78 is 0. The van der Waals surface area contributed by atoms with Gasteiger partial charge in [0.25, 0.3) is 0 Å². The van der Waals surface area contributed by atoms with E-state index in [9.17, 15) is 4.79 Å². The monoisotopic (exact) mass is 163 g/mol. The van der Waals surface area contributed by atoms with Crippen molar-refractivity contribution in [2.75, 3.05) is 5.32 Å². The highest BCUT2D eigenvalue weighted by Crippen LogP contribution is 2.15. The summed E-state index contributed by atoms with van der Waals surface area (Å²) in [5.41, 5.74) is 3.30. The molecule has 1 rings (SSSR count). The highest BCUT2D eigenvalue weighted by atomic mass is 16.1. The minimum atomic E-state index is 0.702. The van der Waals surface area contributed by atoms with Crippen molar-refractivity contribution in [2.24, 2.45) is 0 Å². The van der Waals surface area contributed by atoms with E-state index in [0.717, 1.165) is 17.7 Å². The van der Waals surface area contributed by atoms with E-state index < -0.39 is 0 Å². The lowest BCUT2D eigenvalue weighted by Crippen LogP contribution is -1.96. The SMILES string of the molecule is CCc1ccc(NC=O)c(C)c1. The number of carbonyl (C=O) groups excluding carboxylic acids is 1. The second-order valence-corrected chi connectivity index (χ2v) is 2.77. The van der Waals surface area contributed by atoms with Gasteiger partial charge >= 0.3 is 0 Å². The summed E-state index contributed by atoms with van der Waals surface area (Å²) in [5.74, 6) is 0. The Morgan fingerprint density at radius 1 is 1.50 bits per heavy atom. The molecule has 0 bridgehead atoms. The molecule has 0 saturated heterocycles. The molecule has 0 spiro atoms. The summed E-state index contributed by atoms with van der Waals surface area (Å²) >= 11 is 0. The van der Waals surface area contributed by atoms with E-state index in [4.69, 9.17) is 0 Å². The molecule has 64 valence electrons. The van der Waals surface area contributed by atoms with Crippen molar-refractivity contribution in [3.8, 4) is 0 Å². The van der Waals surface area contributed by atoms with E-state index in [-0.39, 0.29) is 0 Å². The molecule has 1 N–H and O–H groups in total. The lowest BCUT2D eigenvalue weighted by atomic mass is 10.1. The van der Waals surface area contributed by atoms with Gasteiger partial charge < -0.3 is 5.32 Å². The zero-order valence-corrected chi connectivity index (χ0v) is 7.42. The molecule has 0 aliphatic carbocycles. The summed E-state index contributed by atoms with van der Waals surface area (Å²) in [6, 6.07) is 6.05. The van der Waals surface area contributed by atoms with Gasteiger partial charge in [-0.25, -0.2) is 0 Å². The van der Waals surface area contributed by atoms with Crippen LogP contribution in [0, 0.1) is 6.92 Å². The van der Waals surface area contributed by atoms with Crippen molar-refractivity contribution in [3.05, 3.63) is 29.3 Å². The zero-order chi connectivity index (χ0) is 8.97. The minimum absolute atomic E-state index is 0.702. The fraction of sp³-hybridized carbons (Fsp3) is 0.300. The van der Waals surface area contributed by atoms with Crippen LogP contribution in [0.2, 0.25) is 0 Å². The number of hydrogen-bond acceptors (Lipinski definition) is 1. The van der Waals surface area contributed by atoms with Gasteiger partial charge in [-0.05, 0) is 30.5 Å². The molecule has 0 fully saturated rings. The van der Waals surface area contributed by atoms with E-state index in [0.29, 0.717) is 6.41 Å². The maximum atomic E-state index is 10.2. The first-order valence-corrected chi connectivity index (χ1v) is 4.07. The molecule has 0 aliphatic rings. The number of hydrogen-bond donors (Lipinski definition) is 1. The van der Waals surface area contributed by atoms with Crippen LogP contribution in [0.4, 0.5) is 5.69 Å². The molecule has 0 radical (unpaired) electrons. The third kappa shape index (κ3) is 1.84. The van der Waals surface area contributed by atoms with Crippen molar-refractivity contribution in [1.82, 2.24) is 0 Å². The Morgan fingerprint density at radius 2 is 2.25 bits per heavy atom. The van der Waals surface area contributed by atoms with Gasteiger partial charge in [0.15, 0.2) is 0 Å². The molecular weight excluding hydrogens is 150 g/mol. The lowest BCUT2D eigenvalue weighted by Gasteiger charge is -2.05. The number of rotatable bonds is 3. The molecule has 0 heterocycles. The first-order chi connectivity index (χ1) is 5.77. The van der Waals surface area contributed by atoms with Crippen LogP contribution < -0.4 is 5.32 Å². The molecule has 0 aromatic heterocycles. The summed E-state index contributed by atoms with van der Waals surface area (Å²) in [5, 5.41) is 2.65. The molecule has 0 atom stereocenters. The van der Waals surface area contributed by atoms with Crippen LogP contribution in [0.3, 0.4) is 0 Å². The normalized spacial score (nSPS) is 9.50. The lowest BCUT2D eigenvalue weighted by molar-refractivity contribution is -0.105. The van der Waals surface area contributed by atoms with Crippen LogP contribution in [-0.2, 0) is 11.2 Å². The Labute approximate surface area is 72.6 Å². The molecular formula is C10H13NO. The van der Waals surface area contributed by atoms with E-state index in [2.05, 4.69) is 18.3 Å². The Kier molecular flexibility index (Phi) is 2.86. The Hall–Kier alpha value is -1.31. The first kappa shape index (κ1) is 8.78. The van der Waals surface area contributed by atoms with Crippen LogP contribution >= 0.6 is 0 Å². The maximum absolute atomic E-state index is 10.2. The molecule has 0 unspecified atom stereocenters. The first-order valence-electron chi connectivity index (χ1n) is 4.07. The maximum Gasteiger partial charge on any atom is 0.211 e. The van der Waals surface area contributed by atoms with Crippen molar-refractivity contribution in [1.29, 1.82) is 0 Å². The highest BCUT2D eigenvalue weighted by molar-refractivity contribution is 5.73. The average molecular weight is 163 g/mol. The molecule has 0 saturated carbocycles. The molecule has 0 aliphatic heterocycles. The smallest absolute Gasteiger partial charge is 0.211 e. The average Bonchev–Trinajstić information content (AvgIpc) is 2.09. The molecule has 1 aromatic rings. The third-order valence-corrected chi connectivity index (χ3v) is 1.91. The number of benzene rings is 1. The Bertz CT molecular complexity index is 281. The van der Waals surface area contributed by atoms with Crippen molar-refractivity contribution >= 4 is 12.1 Å². The second-order valence-electron chi connectivity index (χ2n) is 2.77. The number of nitrogens with one attached hydrogen (secondary N) is 1. The molecule has 1 amide bonds. The summed E-state index contributed by atoms with van der Waals surface area (Å²) in [6.07, 6.45) is 1.73. The van der Waals surface area contributed by atoms with Gasteiger partial charge in [0.05, 0.1) is 0 Å². The van der Waals surface area contributed by atoms with Crippen LogP contribution in [0.5, 0.6) is 0 Å². The number of anilines is 1. The fourth-order valence-electron chi connectivity index (χ4n) is 1.17. The van der Waals surface area contributed by atoms with Gasteiger partial charge in [-0.1, -0.05) is 19.1 Å². The number of carbonyl (C=O) groups is 1. The molecule has 2 nitrogen and oxygen atoms in total. The number of amides is 1. The van der Waals surface area contributed by atoms with Gasteiger partial charge in [0.1, 0.15) is 0 Å².